The second-order valence-corrected chi connectivity index (χ2v) is 8.00. The molecule has 0 bridgehead atoms. The van der Waals surface area contributed by atoms with Crippen molar-refractivity contribution in [1.29, 1.82) is 0 Å². The van der Waals surface area contributed by atoms with Gasteiger partial charge in [-0.2, -0.15) is 0 Å². The topological polar surface area (TPSA) is 89.3 Å². The van der Waals surface area contributed by atoms with Crippen LogP contribution >= 0.6 is 15.9 Å². The molecule has 0 saturated heterocycles. The number of nitrogens with two attached hydrogens (primary N) is 1. The quantitative estimate of drug-likeness (QED) is 0.857. The lowest BCUT2D eigenvalue weighted by atomic mass is 9.97. The molecule has 8 heteroatoms. The molecule has 0 spiro atoms. The normalized spacial score (nSPS) is 12.3. The third kappa shape index (κ3) is 4.53. The summed E-state index contributed by atoms with van der Waals surface area (Å²) in [7, 11) is -4.24. The summed E-state index contributed by atoms with van der Waals surface area (Å²) in [6.07, 6.45) is 0. The zero-order chi connectivity index (χ0) is 15.7. The summed E-state index contributed by atoms with van der Waals surface area (Å²) >= 11 is 3.03. The molecule has 0 aliphatic heterocycles. The summed E-state index contributed by atoms with van der Waals surface area (Å²) in [5, 5.41) is 7.47. The van der Waals surface area contributed by atoms with Gasteiger partial charge in [-0.25, -0.2) is 17.9 Å². The van der Waals surface area contributed by atoms with Gasteiger partial charge in [0.25, 0.3) is 5.91 Å². The lowest BCUT2D eigenvalue weighted by molar-refractivity contribution is 0.0934. The Morgan fingerprint density at radius 1 is 1.40 bits per heavy atom. The van der Waals surface area contributed by atoms with Crippen molar-refractivity contribution >= 4 is 31.9 Å². The van der Waals surface area contributed by atoms with E-state index in [9.17, 15) is 17.6 Å². The number of hydrogen-bond donors (Lipinski definition) is 2. The van der Waals surface area contributed by atoms with E-state index in [1.54, 1.807) is 0 Å². The molecule has 1 aromatic carbocycles. The predicted octanol–water partition coefficient (Wildman–Crippen LogP) is 2.01. The zero-order valence-corrected chi connectivity index (χ0v) is 13.7. The fourth-order valence-electron chi connectivity index (χ4n) is 1.38. The number of hydrogen-bond acceptors (Lipinski definition) is 3. The number of nitrogens with one attached hydrogen (secondary N) is 1. The highest BCUT2D eigenvalue weighted by molar-refractivity contribution is 9.10. The summed E-state index contributed by atoms with van der Waals surface area (Å²) in [5.74, 6) is -1.84. The maximum absolute atomic E-state index is 14.1. The standard InChI is InChI=1S/C12H16BrFN2O3S/c1-12(2,3)6-16-11(17)8-4-7(13)5-9(10(8)14)20(15,18)19/h4-5H,6H2,1-3H3,(H,16,17)(H2,15,18,19). The smallest absolute Gasteiger partial charge is 0.254 e. The van der Waals surface area contributed by atoms with E-state index in [4.69, 9.17) is 5.14 Å². The van der Waals surface area contributed by atoms with Crippen LogP contribution in [0.4, 0.5) is 4.39 Å². The Kier molecular flexibility index (Phi) is 4.94. The molecule has 0 unspecified atom stereocenters. The summed E-state index contributed by atoms with van der Waals surface area (Å²) in [4.78, 5) is 11.2. The molecule has 0 radical (unpaired) electrons. The van der Waals surface area contributed by atoms with Gasteiger partial charge < -0.3 is 5.32 Å². The molecule has 0 aliphatic carbocycles. The van der Waals surface area contributed by atoms with Crippen molar-refractivity contribution in [3.05, 3.63) is 28.0 Å². The van der Waals surface area contributed by atoms with Crippen LogP contribution in [0.3, 0.4) is 0 Å². The van der Waals surface area contributed by atoms with Gasteiger partial charge in [0.2, 0.25) is 10.0 Å². The lowest BCUT2D eigenvalue weighted by Crippen LogP contribution is -2.33. The number of benzene rings is 1. The number of halogens is 2. The van der Waals surface area contributed by atoms with Crippen molar-refractivity contribution in [2.75, 3.05) is 6.54 Å². The molecule has 0 fully saturated rings. The van der Waals surface area contributed by atoms with Crippen LogP contribution < -0.4 is 10.5 Å². The van der Waals surface area contributed by atoms with Crippen LogP contribution in [-0.2, 0) is 10.0 Å². The van der Waals surface area contributed by atoms with E-state index < -0.39 is 26.6 Å². The van der Waals surface area contributed by atoms with Crippen LogP contribution in [0.15, 0.2) is 21.5 Å². The van der Waals surface area contributed by atoms with Crippen molar-refractivity contribution in [2.24, 2.45) is 10.6 Å². The Hall–Kier alpha value is -0.990. The van der Waals surface area contributed by atoms with Gasteiger partial charge >= 0.3 is 0 Å². The second-order valence-electron chi connectivity index (χ2n) is 5.55. The van der Waals surface area contributed by atoms with E-state index >= 15 is 0 Å². The average molecular weight is 367 g/mol. The molecule has 5 nitrogen and oxygen atoms in total. The predicted molar refractivity (Wildman–Crippen MR) is 77.3 cm³/mol. The van der Waals surface area contributed by atoms with Crippen LogP contribution in [0.2, 0.25) is 0 Å². The van der Waals surface area contributed by atoms with Crippen molar-refractivity contribution in [2.45, 2.75) is 25.7 Å². The van der Waals surface area contributed by atoms with Crippen LogP contribution in [0, 0.1) is 11.2 Å². The monoisotopic (exact) mass is 366 g/mol. The van der Waals surface area contributed by atoms with Crippen LogP contribution in [0.25, 0.3) is 0 Å². The third-order valence-electron chi connectivity index (χ3n) is 2.33. The highest BCUT2D eigenvalue weighted by Gasteiger charge is 2.23. The van der Waals surface area contributed by atoms with Crippen molar-refractivity contribution in [1.82, 2.24) is 5.32 Å². The Morgan fingerprint density at radius 2 is 1.95 bits per heavy atom. The maximum Gasteiger partial charge on any atom is 0.254 e. The van der Waals surface area contributed by atoms with Crippen LogP contribution in [0.1, 0.15) is 31.1 Å². The first-order chi connectivity index (χ1) is 8.92. The number of sulfonamides is 1. The number of rotatable bonds is 3. The molecule has 0 atom stereocenters. The largest absolute Gasteiger partial charge is 0.351 e. The minimum atomic E-state index is -4.24. The molecule has 3 N–H and O–H groups in total. The van der Waals surface area contributed by atoms with Crippen LogP contribution in [-0.4, -0.2) is 20.9 Å². The van der Waals surface area contributed by atoms with Gasteiger partial charge in [-0.05, 0) is 17.5 Å². The Bertz CT molecular complexity index is 639. The van der Waals surface area contributed by atoms with Gasteiger partial charge in [-0.3, -0.25) is 4.79 Å². The highest BCUT2D eigenvalue weighted by atomic mass is 79.9. The fraction of sp³-hybridized carbons (Fsp3) is 0.417. The van der Waals surface area contributed by atoms with E-state index in [1.165, 1.54) is 6.07 Å². The van der Waals surface area contributed by atoms with Crippen molar-refractivity contribution in [3.63, 3.8) is 0 Å². The molecule has 0 aromatic heterocycles. The fourth-order valence-corrected chi connectivity index (χ4v) is 2.64. The summed E-state index contributed by atoms with van der Waals surface area (Å²) in [6.45, 7) is 6.03. The summed E-state index contributed by atoms with van der Waals surface area (Å²) < 4.78 is 36.9. The lowest BCUT2D eigenvalue weighted by Gasteiger charge is -2.19. The highest BCUT2D eigenvalue weighted by Crippen LogP contribution is 2.23. The van der Waals surface area contributed by atoms with Crippen molar-refractivity contribution in [3.8, 4) is 0 Å². The Labute approximate surface area is 125 Å². The summed E-state index contributed by atoms with van der Waals surface area (Å²) in [6, 6.07) is 2.23. The number of primary sulfonamides is 1. The molecule has 112 valence electrons. The Balaban J connectivity index is 3.20. The van der Waals surface area contributed by atoms with E-state index in [0.29, 0.717) is 6.54 Å². The second kappa shape index (κ2) is 5.79. The molecular formula is C12H16BrFN2O3S. The molecule has 0 heterocycles. The number of carbonyl (C=O) groups is 1. The van der Waals surface area contributed by atoms with E-state index in [1.807, 2.05) is 20.8 Å². The van der Waals surface area contributed by atoms with Gasteiger partial charge in [0.1, 0.15) is 4.90 Å². The van der Waals surface area contributed by atoms with Crippen LogP contribution in [0.5, 0.6) is 0 Å². The minimum Gasteiger partial charge on any atom is -0.351 e. The first-order valence-corrected chi connectivity index (χ1v) is 8.06. The molecule has 1 amide bonds. The Morgan fingerprint density at radius 3 is 2.40 bits per heavy atom. The molecular weight excluding hydrogens is 351 g/mol. The van der Waals surface area contributed by atoms with E-state index in [-0.39, 0.29) is 15.5 Å². The van der Waals surface area contributed by atoms with Gasteiger partial charge in [0.15, 0.2) is 5.82 Å². The molecule has 20 heavy (non-hydrogen) atoms. The molecule has 0 saturated carbocycles. The van der Waals surface area contributed by atoms with Gasteiger partial charge in [-0.1, -0.05) is 36.7 Å². The number of amides is 1. The van der Waals surface area contributed by atoms with Gasteiger partial charge in [0, 0.05) is 11.0 Å². The third-order valence-corrected chi connectivity index (χ3v) is 3.70. The SMILES string of the molecule is CC(C)(C)CNC(=O)c1cc(Br)cc(S(N)(=O)=O)c1F. The first kappa shape index (κ1) is 17.1. The number of carbonyl (C=O) groups excluding carboxylic acids is 1. The minimum absolute atomic E-state index is 0.180. The molecule has 1 aromatic rings. The first-order valence-electron chi connectivity index (χ1n) is 5.72. The molecule has 1 rings (SSSR count). The van der Waals surface area contributed by atoms with Gasteiger partial charge in [-0.15, -0.1) is 0 Å². The zero-order valence-electron chi connectivity index (χ0n) is 11.3. The van der Waals surface area contributed by atoms with Crippen molar-refractivity contribution < 1.29 is 17.6 Å². The van der Waals surface area contributed by atoms with E-state index in [2.05, 4.69) is 21.2 Å². The summed E-state index contributed by atoms with van der Waals surface area (Å²) in [5.41, 5.74) is -0.548. The molecule has 0 aliphatic rings. The maximum atomic E-state index is 14.1. The van der Waals surface area contributed by atoms with Gasteiger partial charge in [0.05, 0.1) is 5.56 Å². The average Bonchev–Trinajstić information content (AvgIpc) is 2.26. The van der Waals surface area contributed by atoms with E-state index in [0.717, 1.165) is 6.07 Å².